The number of phosphoric acid groups is 1. The van der Waals surface area contributed by atoms with Crippen LogP contribution in [0.5, 0.6) is 0 Å². The van der Waals surface area contributed by atoms with E-state index >= 15 is 0 Å². The Labute approximate surface area is 381 Å². The molecule has 0 heterocycles. The summed E-state index contributed by atoms with van der Waals surface area (Å²) in [4.78, 5) is 22.8. The number of hydrogen-bond donors (Lipinski definition) is 4. The molecule has 5 N–H and O–H groups in total. The maximum absolute atomic E-state index is 12.8. The number of aliphatic hydroxyl groups is 1. The number of amides is 1. The third kappa shape index (κ3) is 45.7. The molecule has 0 aliphatic rings. The second-order valence-electron chi connectivity index (χ2n) is 16.6. The van der Waals surface area contributed by atoms with E-state index in [2.05, 4.69) is 92.1 Å². The lowest BCUT2D eigenvalue weighted by Crippen LogP contribution is -2.45. The van der Waals surface area contributed by atoms with Gasteiger partial charge in [0.05, 0.1) is 25.4 Å². The molecule has 62 heavy (non-hydrogen) atoms. The molecule has 9 heteroatoms. The van der Waals surface area contributed by atoms with Crippen LogP contribution in [0, 0.1) is 0 Å². The molecule has 0 saturated heterocycles. The van der Waals surface area contributed by atoms with Crippen LogP contribution in [0.3, 0.4) is 0 Å². The van der Waals surface area contributed by atoms with Gasteiger partial charge < -0.3 is 21.1 Å². The molecule has 0 rings (SSSR count). The molecule has 0 aromatic carbocycles. The Morgan fingerprint density at radius 1 is 0.548 bits per heavy atom. The predicted molar refractivity (Wildman–Crippen MR) is 267 cm³/mol. The summed E-state index contributed by atoms with van der Waals surface area (Å²) in [7, 11) is -4.36. The van der Waals surface area contributed by atoms with Gasteiger partial charge in [-0.3, -0.25) is 13.8 Å². The van der Waals surface area contributed by atoms with Crippen molar-refractivity contribution in [1.29, 1.82) is 0 Å². The molecule has 0 fully saturated rings. The summed E-state index contributed by atoms with van der Waals surface area (Å²) >= 11 is 0. The van der Waals surface area contributed by atoms with Crippen LogP contribution >= 0.6 is 7.82 Å². The fraction of sp³-hybridized carbons (Fsp3) is 0.717. The molecule has 358 valence electrons. The Kier molecular flexibility index (Phi) is 46.3. The van der Waals surface area contributed by atoms with Gasteiger partial charge in [0.25, 0.3) is 0 Å². The van der Waals surface area contributed by atoms with Crippen molar-refractivity contribution in [3.63, 3.8) is 0 Å². The minimum absolute atomic E-state index is 0.0672. The minimum atomic E-state index is -4.36. The van der Waals surface area contributed by atoms with Crippen LogP contribution in [0.4, 0.5) is 0 Å². The van der Waals surface area contributed by atoms with Gasteiger partial charge in [-0.2, -0.15) is 0 Å². The first-order valence-electron chi connectivity index (χ1n) is 25.2. The van der Waals surface area contributed by atoms with Crippen molar-refractivity contribution in [3.8, 4) is 0 Å². The SMILES string of the molecule is CC/C=C\C/C=C\C/C=C\C/C=C\CCCCCCCCCCCCC(=O)NC(COP(=O)(O)OCCN)C(O)/C=C/CC/C=C/CC/C=C/CCCCCCCCCCCC. The smallest absolute Gasteiger partial charge is 0.387 e. The zero-order valence-electron chi connectivity index (χ0n) is 39.8. The third-order valence-electron chi connectivity index (χ3n) is 10.7. The van der Waals surface area contributed by atoms with Crippen LogP contribution in [-0.2, 0) is 18.4 Å². The maximum Gasteiger partial charge on any atom is 0.472 e. The van der Waals surface area contributed by atoms with E-state index in [-0.39, 0.29) is 25.7 Å². The summed E-state index contributed by atoms with van der Waals surface area (Å²) < 4.78 is 22.2. The molecule has 0 aliphatic heterocycles. The van der Waals surface area contributed by atoms with Crippen molar-refractivity contribution in [2.75, 3.05) is 19.8 Å². The summed E-state index contributed by atoms with van der Waals surface area (Å²) in [6.45, 7) is 3.99. The minimum Gasteiger partial charge on any atom is -0.387 e. The van der Waals surface area contributed by atoms with Crippen molar-refractivity contribution in [2.45, 2.75) is 225 Å². The van der Waals surface area contributed by atoms with Gasteiger partial charge in [-0.15, -0.1) is 0 Å². The Morgan fingerprint density at radius 2 is 0.952 bits per heavy atom. The zero-order chi connectivity index (χ0) is 45.3. The largest absolute Gasteiger partial charge is 0.472 e. The van der Waals surface area contributed by atoms with Crippen molar-refractivity contribution in [1.82, 2.24) is 5.32 Å². The molecule has 0 bridgehead atoms. The fourth-order valence-corrected chi connectivity index (χ4v) is 7.68. The predicted octanol–water partition coefficient (Wildman–Crippen LogP) is 15.0. The monoisotopic (exact) mass is 887 g/mol. The fourth-order valence-electron chi connectivity index (χ4n) is 6.92. The van der Waals surface area contributed by atoms with Crippen LogP contribution in [-0.4, -0.2) is 47.8 Å². The highest BCUT2D eigenvalue weighted by atomic mass is 31.2. The summed E-state index contributed by atoms with van der Waals surface area (Å²) in [6, 6.07) is -0.891. The number of unbranched alkanes of at least 4 members (excludes halogenated alkanes) is 22. The third-order valence-corrected chi connectivity index (χ3v) is 11.7. The highest BCUT2D eigenvalue weighted by Gasteiger charge is 2.26. The number of allylic oxidation sites excluding steroid dienone is 13. The van der Waals surface area contributed by atoms with Crippen molar-refractivity contribution in [3.05, 3.63) is 85.1 Å². The quantitative estimate of drug-likeness (QED) is 0.0272. The van der Waals surface area contributed by atoms with E-state index in [1.54, 1.807) is 6.08 Å². The van der Waals surface area contributed by atoms with Gasteiger partial charge in [-0.25, -0.2) is 4.57 Å². The van der Waals surface area contributed by atoms with Crippen LogP contribution in [0.1, 0.15) is 213 Å². The van der Waals surface area contributed by atoms with Crippen LogP contribution in [0.2, 0.25) is 0 Å². The van der Waals surface area contributed by atoms with Gasteiger partial charge >= 0.3 is 7.82 Å². The number of hydrogen-bond acceptors (Lipinski definition) is 6. The van der Waals surface area contributed by atoms with Crippen molar-refractivity contribution in [2.24, 2.45) is 5.73 Å². The number of nitrogens with one attached hydrogen (secondary N) is 1. The van der Waals surface area contributed by atoms with E-state index < -0.39 is 20.0 Å². The molecule has 0 aliphatic carbocycles. The molecule has 0 radical (unpaired) electrons. The first-order chi connectivity index (χ1) is 30.4. The van der Waals surface area contributed by atoms with Crippen molar-refractivity contribution < 1.29 is 28.4 Å². The summed E-state index contributed by atoms with van der Waals surface area (Å²) in [6.07, 6.45) is 65.0. The Balaban J connectivity index is 4.20. The van der Waals surface area contributed by atoms with E-state index in [0.29, 0.717) is 6.42 Å². The average molecular weight is 887 g/mol. The number of phosphoric ester groups is 1. The average Bonchev–Trinajstić information content (AvgIpc) is 3.26. The Bertz CT molecular complexity index is 1240. The standard InChI is InChI=1S/C53H95N2O6P/c1-3-5-7-9-11-13-15-17-19-21-23-25-26-27-29-31-33-35-37-39-41-43-45-47-53(57)55-51(50-61-62(58,59)60-49-48-54)52(56)46-44-42-40-38-36-34-32-30-28-24-22-20-18-16-14-12-10-8-6-4-2/h5,7,11,13,17,19,23,25,28,30,36,38,44,46,51-52,56H,3-4,6,8-10,12,14-16,18,20-22,24,26-27,29,31-35,37,39-43,45,47-50,54H2,1-2H3,(H,55,57)(H,58,59)/b7-5-,13-11-,19-17-,25-23-,30-28+,38-36+,46-44+. The first-order valence-corrected chi connectivity index (χ1v) is 26.7. The van der Waals surface area contributed by atoms with E-state index in [1.165, 1.54) is 116 Å². The lowest BCUT2D eigenvalue weighted by atomic mass is 10.0. The van der Waals surface area contributed by atoms with E-state index in [1.807, 2.05) is 6.08 Å². The molecule has 3 unspecified atom stereocenters. The Morgan fingerprint density at radius 3 is 1.44 bits per heavy atom. The highest BCUT2D eigenvalue weighted by Crippen LogP contribution is 2.43. The van der Waals surface area contributed by atoms with Gasteiger partial charge in [0, 0.05) is 13.0 Å². The molecule has 1 amide bonds. The summed E-state index contributed by atoms with van der Waals surface area (Å²) in [5, 5.41) is 13.7. The topological polar surface area (TPSA) is 131 Å². The zero-order valence-corrected chi connectivity index (χ0v) is 40.7. The molecular formula is C53H95N2O6P. The van der Waals surface area contributed by atoms with E-state index in [9.17, 15) is 19.4 Å². The molecule has 0 saturated carbocycles. The molecule has 0 aromatic heterocycles. The van der Waals surface area contributed by atoms with Gasteiger partial charge in [0.15, 0.2) is 0 Å². The Hall–Kier alpha value is -2.32. The lowest BCUT2D eigenvalue weighted by Gasteiger charge is -2.23. The maximum atomic E-state index is 12.8. The number of nitrogens with two attached hydrogens (primary N) is 1. The van der Waals surface area contributed by atoms with E-state index in [0.717, 1.165) is 77.0 Å². The lowest BCUT2D eigenvalue weighted by molar-refractivity contribution is -0.123. The van der Waals surface area contributed by atoms with Crippen LogP contribution in [0.15, 0.2) is 85.1 Å². The van der Waals surface area contributed by atoms with Crippen molar-refractivity contribution >= 4 is 13.7 Å². The van der Waals surface area contributed by atoms with Gasteiger partial charge in [0.2, 0.25) is 5.91 Å². The molecule has 8 nitrogen and oxygen atoms in total. The first kappa shape index (κ1) is 59.7. The molecule has 3 atom stereocenters. The number of carbonyl (C=O) groups is 1. The second-order valence-corrected chi connectivity index (χ2v) is 18.1. The molecular weight excluding hydrogens is 792 g/mol. The number of carbonyl (C=O) groups excluding carboxylic acids is 1. The van der Waals surface area contributed by atoms with Gasteiger partial charge in [0.1, 0.15) is 0 Å². The molecule has 0 spiro atoms. The van der Waals surface area contributed by atoms with Gasteiger partial charge in [-0.1, -0.05) is 208 Å². The molecule has 0 aromatic rings. The number of aliphatic hydroxyl groups excluding tert-OH is 1. The van der Waals surface area contributed by atoms with E-state index in [4.69, 9.17) is 14.8 Å². The van der Waals surface area contributed by atoms with Crippen LogP contribution < -0.4 is 11.1 Å². The summed E-state index contributed by atoms with van der Waals surface area (Å²) in [5.41, 5.74) is 5.39. The highest BCUT2D eigenvalue weighted by molar-refractivity contribution is 7.47. The number of rotatable bonds is 46. The summed E-state index contributed by atoms with van der Waals surface area (Å²) in [5.74, 6) is -0.215. The van der Waals surface area contributed by atoms with Crippen LogP contribution in [0.25, 0.3) is 0 Å². The normalized spacial score (nSPS) is 14.6. The second kappa shape index (κ2) is 48.1. The van der Waals surface area contributed by atoms with Gasteiger partial charge in [-0.05, 0) is 83.5 Å².